The lowest BCUT2D eigenvalue weighted by Gasteiger charge is -2.36. The van der Waals surface area contributed by atoms with Crippen molar-refractivity contribution in [2.24, 2.45) is 0 Å². The van der Waals surface area contributed by atoms with Gasteiger partial charge in [-0.2, -0.15) is 0 Å². The molecule has 0 aromatic heterocycles. The average Bonchev–Trinajstić information content (AvgIpc) is 2.53. The van der Waals surface area contributed by atoms with Gasteiger partial charge in [0.1, 0.15) is 0 Å². The summed E-state index contributed by atoms with van der Waals surface area (Å²) in [6.07, 6.45) is 1.47. The first-order chi connectivity index (χ1) is 10.4. The highest BCUT2D eigenvalue weighted by atomic mass is 16.4. The Bertz CT molecular complexity index is 592. The molecule has 0 unspecified atom stereocenters. The third-order valence-corrected chi connectivity index (χ3v) is 4.15. The number of piperidine rings is 1. The summed E-state index contributed by atoms with van der Waals surface area (Å²) < 4.78 is 0. The third kappa shape index (κ3) is 3.44. The number of hydrogen-bond donors (Lipinski definition) is 1. The molecule has 1 aliphatic rings. The van der Waals surface area contributed by atoms with Crippen LogP contribution in [-0.4, -0.2) is 58.9 Å². The number of carboxylic acids is 1. The summed E-state index contributed by atoms with van der Waals surface area (Å²) in [4.78, 5) is 38.2. The molecule has 0 saturated carbocycles. The largest absolute Gasteiger partial charge is 0.478 e. The van der Waals surface area contributed by atoms with E-state index >= 15 is 0 Å². The van der Waals surface area contributed by atoms with Crippen LogP contribution in [-0.2, 0) is 4.79 Å². The number of hydrogen-bond acceptors (Lipinski definition) is 3. The second kappa shape index (κ2) is 6.60. The van der Waals surface area contributed by atoms with E-state index in [0.29, 0.717) is 18.7 Å². The summed E-state index contributed by atoms with van der Waals surface area (Å²) >= 11 is 0. The van der Waals surface area contributed by atoms with Crippen molar-refractivity contribution >= 4 is 17.8 Å². The molecular formula is C16H20N2O4. The van der Waals surface area contributed by atoms with Gasteiger partial charge >= 0.3 is 5.97 Å². The lowest BCUT2D eigenvalue weighted by molar-refractivity contribution is -0.130. The second-order valence-corrected chi connectivity index (χ2v) is 5.54. The Morgan fingerprint density at radius 2 is 1.77 bits per heavy atom. The van der Waals surface area contributed by atoms with Crippen LogP contribution in [0.5, 0.6) is 0 Å². The highest BCUT2D eigenvalue weighted by Gasteiger charge is 2.27. The molecule has 2 rings (SSSR count). The minimum absolute atomic E-state index is 0.0268. The van der Waals surface area contributed by atoms with Crippen molar-refractivity contribution in [1.82, 2.24) is 9.80 Å². The van der Waals surface area contributed by atoms with Crippen LogP contribution in [0.3, 0.4) is 0 Å². The maximum atomic E-state index is 12.4. The van der Waals surface area contributed by atoms with Crippen LogP contribution in [0.25, 0.3) is 0 Å². The molecule has 1 fully saturated rings. The monoisotopic (exact) mass is 304 g/mol. The summed E-state index contributed by atoms with van der Waals surface area (Å²) in [5.41, 5.74) is 0.496. The van der Waals surface area contributed by atoms with Gasteiger partial charge in [0.05, 0.1) is 5.56 Å². The number of rotatable bonds is 3. The van der Waals surface area contributed by atoms with Gasteiger partial charge < -0.3 is 14.9 Å². The molecule has 0 atom stereocenters. The number of amides is 2. The SMILES string of the molecule is CC(=O)N(C)C1CCN(C(=O)c2cccc(C(=O)O)c2)CC1. The van der Waals surface area contributed by atoms with Gasteiger partial charge in [-0.3, -0.25) is 9.59 Å². The van der Waals surface area contributed by atoms with Crippen molar-refractivity contribution in [2.75, 3.05) is 20.1 Å². The van der Waals surface area contributed by atoms with E-state index in [1.807, 2.05) is 0 Å². The molecule has 1 saturated heterocycles. The lowest BCUT2D eigenvalue weighted by Crippen LogP contribution is -2.46. The maximum Gasteiger partial charge on any atom is 0.335 e. The molecule has 6 nitrogen and oxygen atoms in total. The number of likely N-dealkylation sites (tertiary alicyclic amines) is 1. The zero-order valence-electron chi connectivity index (χ0n) is 12.8. The zero-order chi connectivity index (χ0) is 16.3. The number of benzene rings is 1. The highest BCUT2D eigenvalue weighted by Crippen LogP contribution is 2.18. The maximum absolute atomic E-state index is 12.4. The standard InChI is InChI=1S/C16H20N2O4/c1-11(19)17(2)14-6-8-18(9-7-14)15(20)12-4-3-5-13(10-12)16(21)22/h3-5,10,14H,6-9H2,1-2H3,(H,21,22). The fraction of sp³-hybridized carbons (Fsp3) is 0.438. The normalized spacial score (nSPS) is 15.5. The number of nitrogens with zero attached hydrogens (tertiary/aromatic N) is 2. The van der Waals surface area contributed by atoms with E-state index in [0.717, 1.165) is 12.8 Å². The molecule has 22 heavy (non-hydrogen) atoms. The predicted octanol–water partition coefficient (Wildman–Crippen LogP) is 1.47. The van der Waals surface area contributed by atoms with Crippen LogP contribution in [0, 0.1) is 0 Å². The molecule has 1 aromatic rings. The summed E-state index contributed by atoms with van der Waals surface area (Å²) in [7, 11) is 1.78. The van der Waals surface area contributed by atoms with E-state index in [2.05, 4.69) is 0 Å². The fourth-order valence-corrected chi connectivity index (χ4v) is 2.68. The molecule has 1 heterocycles. The number of carbonyl (C=O) groups is 3. The molecule has 1 aromatic carbocycles. The molecule has 6 heteroatoms. The van der Waals surface area contributed by atoms with Crippen LogP contribution in [0.15, 0.2) is 24.3 Å². The predicted molar refractivity (Wildman–Crippen MR) is 80.8 cm³/mol. The van der Waals surface area contributed by atoms with Crippen LogP contribution in [0.2, 0.25) is 0 Å². The fourth-order valence-electron chi connectivity index (χ4n) is 2.68. The summed E-state index contributed by atoms with van der Waals surface area (Å²) in [6, 6.07) is 6.23. The first-order valence-electron chi connectivity index (χ1n) is 7.26. The Morgan fingerprint density at radius 3 is 2.32 bits per heavy atom. The lowest BCUT2D eigenvalue weighted by atomic mass is 10.0. The Balaban J connectivity index is 2.02. The minimum atomic E-state index is -1.04. The average molecular weight is 304 g/mol. The van der Waals surface area contributed by atoms with E-state index in [9.17, 15) is 14.4 Å². The van der Waals surface area contributed by atoms with Crippen molar-refractivity contribution in [3.63, 3.8) is 0 Å². The molecule has 0 bridgehead atoms. The number of carbonyl (C=O) groups excluding carboxylic acids is 2. The Kier molecular flexibility index (Phi) is 4.80. The van der Waals surface area contributed by atoms with Gasteiger partial charge in [0.25, 0.3) is 5.91 Å². The summed E-state index contributed by atoms with van der Waals surface area (Å²) in [5, 5.41) is 8.99. The van der Waals surface area contributed by atoms with Gasteiger partial charge in [-0.1, -0.05) is 6.07 Å². The van der Waals surface area contributed by atoms with E-state index < -0.39 is 5.97 Å². The van der Waals surface area contributed by atoms with Gasteiger partial charge in [-0.25, -0.2) is 4.79 Å². The molecule has 118 valence electrons. The van der Waals surface area contributed by atoms with Crippen LogP contribution >= 0.6 is 0 Å². The van der Waals surface area contributed by atoms with E-state index in [1.165, 1.54) is 19.1 Å². The van der Waals surface area contributed by atoms with Crippen molar-refractivity contribution in [2.45, 2.75) is 25.8 Å². The van der Waals surface area contributed by atoms with Crippen LogP contribution < -0.4 is 0 Å². The minimum Gasteiger partial charge on any atom is -0.478 e. The van der Waals surface area contributed by atoms with E-state index in [1.54, 1.807) is 29.0 Å². The molecule has 0 spiro atoms. The molecule has 1 aliphatic heterocycles. The number of carboxylic acid groups (broad SMARTS) is 1. The first-order valence-corrected chi connectivity index (χ1v) is 7.26. The van der Waals surface area contributed by atoms with Gasteiger partial charge in [0.15, 0.2) is 0 Å². The van der Waals surface area contributed by atoms with Crippen molar-refractivity contribution in [1.29, 1.82) is 0 Å². The van der Waals surface area contributed by atoms with Gasteiger partial charge in [0, 0.05) is 38.7 Å². The van der Waals surface area contributed by atoms with Crippen LogP contribution in [0.4, 0.5) is 0 Å². The van der Waals surface area contributed by atoms with E-state index in [4.69, 9.17) is 5.11 Å². The summed E-state index contributed by atoms with van der Waals surface area (Å²) in [6.45, 7) is 2.67. The molecular weight excluding hydrogens is 284 g/mol. The topological polar surface area (TPSA) is 77.9 Å². The van der Waals surface area contributed by atoms with Gasteiger partial charge in [0.2, 0.25) is 5.91 Å². The Hall–Kier alpha value is -2.37. The molecule has 1 N–H and O–H groups in total. The van der Waals surface area contributed by atoms with Crippen LogP contribution in [0.1, 0.15) is 40.5 Å². The molecule has 0 radical (unpaired) electrons. The van der Waals surface area contributed by atoms with Crippen molar-refractivity contribution in [3.05, 3.63) is 35.4 Å². The Labute approximate surface area is 129 Å². The quantitative estimate of drug-likeness (QED) is 0.917. The summed E-state index contributed by atoms with van der Waals surface area (Å²) in [5.74, 6) is -1.18. The Morgan fingerprint density at radius 1 is 1.18 bits per heavy atom. The number of aromatic carboxylic acids is 1. The van der Waals surface area contributed by atoms with Gasteiger partial charge in [-0.15, -0.1) is 0 Å². The smallest absolute Gasteiger partial charge is 0.335 e. The zero-order valence-corrected chi connectivity index (χ0v) is 12.8. The van der Waals surface area contributed by atoms with Crippen molar-refractivity contribution < 1.29 is 19.5 Å². The second-order valence-electron chi connectivity index (χ2n) is 5.54. The molecule has 2 amide bonds. The highest BCUT2D eigenvalue weighted by molar-refractivity contribution is 5.97. The molecule has 0 aliphatic carbocycles. The third-order valence-electron chi connectivity index (χ3n) is 4.15. The first kappa shape index (κ1) is 16.0. The van der Waals surface area contributed by atoms with Gasteiger partial charge in [-0.05, 0) is 31.0 Å². The van der Waals surface area contributed by atoms with E-state index in [-0.39, 0.29) is 23.4 Å². The van der Waals surface area contributed by atoms with Crippen molar-refractivity contribution in [3.8, 4) is 0 Å².